The highest BCUT2D eigenvalue weighted by Crippen LogP contribution is 2.36. The van der Waals surface area contributed by atoms with Crippen LogP contribution in [-0.2, 0) is 11.2 Å². The van der Waals surface area contributed by atoms with Crippen LogP contribution in [0, 0.1) is 17.1 Å². The molecule has 0 spiro atoms. The molecule has 1 saturated heterocycles. The molecule has 2 fully saturated rings. The van der Waals surface area contributed by atoms with Gasteiger partial charge in [-0.2, -0.15) is 10.4 Å². The molecular weight excluding hydrogens is 461 g/mol. The minimum absolute atomic E-state index is 0.110. The molecule has 2 aromatic heterocycles. The summed E-state index contributed by atoms with van der Waals surface area (Å²) in [4.78, 5) is 26.2. The molecule has 3 aliphatic rings. The molecule has 4 heterocycles. The SMILES string of the molecule is CC1CN(c2nc3c(c(-c4ccc(C#N)cc4F)n2)CCN(C)C3=O)CC(c2cnn(C3CC3)c2)O1. The average Bonchev–Trinajstić information content (AvgIpc) is 3.61. The molecule has 1 saturated carbocycles. The van der Waals surface area contributed by atoms with Crippen molar-refractivity contribution in [3.63, 3.8) is 0 Å². The van der Waals surface area contributed by atoms with Gasteiger partial charge in [0.25, 0.3) is 5.91 Å². The molecule has 184 valence electrons. The van der Waals surface area contributed by atoms with Crippen LogP contribution < -0.4 is 4.90 Å². The van der Waals surface area contributed by atoms with E-state index in [0.717, 1.165) is 18.4 Å². The van der Waals surface area contributed by atoms with Gasteiger partial charge < -0.3 is 14.5 Å². The highest BCUT2D eigenvalue weighted by atomic mass is 19.1. The van der Waals surface area contributed by atoms with Crippen molar-refractivity contribution in [1.82, 2.24) is 24.6 Å². The lowest BCUT2D eigenvalue weighted by molar-refractivity contribution is -0.0179. The quantitative estimate of drug-likeness (QED) is 0.557. The van der Waals surface area contributed by atoms with Gasteiger partial charge in [0.2, 0.25) is 5.95 Å². The van der Waals surface area contributed by atoms with E-state index >= 15 is 4.39 Å². The number of hydrogen-bond acceptors (Lipinski definition) is 7. The predicted octanol–water partition coefficient (Wildman–Crippen LogP) is 3.28. The molecule has 2 unspecified atom stereocenters. The first-order valence-electron chi connectivity index (χ1n) is 12.2. The van der Waals surface area contributed by atoms with Crippen LogP contribution in [0.15, 0.2) is 30.6 Å². The molecule has 2 aliphatic heterocycles. The monoisotopic (exact) mass is 487 g/mol. The van der Waals surface area contributed by atoms with Crippen LogP contribution in [0.3, 0.4) is 0 Å². The number of fused-ring (bicyclic) bond motifs is 1. The van der Waals surface area contributed by atoms with Gasteiger partial charge in [-0.15, -0.1) is 0 Å². The van der Waals surface area contributed by atoms with Gasteiger partial charge in [0.1, 0.15) is 17.6 Å². The summed E-state index contributed by atoms with van der Waals surface area (Å²) in [6.45, 7) is 3.51. The zero-order valence-corrected chi connectivity index (χ0v) is 20.2. The van der Waals surface area contributed by atoms with Crippen LogP contribution in [0.4, 0.5) is 10.3 Å². The maximum absolute atomic E-state index is 15.1. The Morgan fingerprint density at radius 1 is 1.19 bits per heavy atom. The third-order valence-corrected chi connectivity index (χ3v) is 7.05. The molecule has 0 N–H and O–H groups in total. The molecule has 10 heteroatoms. The molecule has 6 rings (SSSR count). The van der Waals surface area contributed by atoms with E-state index < -0.39 is 5.82 Å². The Balaban J connectivity index is 1.41. The fourth-order valence-corrected chi connectivity index (χ4v) is 4.95. The van der Waals surface area contributed by atoms with E-state index in [2.05, 4.69) is 5.10 Å². The van der Waals surface area contributed by atoms with Crippen molar-refractivity contribution in [2.45, 2.75) is 44.4 Å². The number of nitrogens with zero attached hydrogens (tertiary/aromatic N) is 7. The fourth-order valence-electron chi connectivity index (χ4n) is 4.95. The van der Waals surface area contributed by atoms with Crippen molar-refractivity contribution in [2.75, 3.05) is 31.6 Å². The Morgan fingerprint density at radius 3 is 2.75 bits per heavy atom. The van der Waals surface area contributed by atoms with E-state index in [9.17, 15) is 4.79 Å². The van der Waals surface area contributed by atoms with Gasteiger partial charge >= 0.3 is 0 Å². The Morgan fingerprint density at radius 2 is 2.00 bits per heavy atom. The largest absolute Gasteiger partial charge is 0.367 e. The minimum Gasteiger partial charge on any atom is -0.367 e. The molecule has 1 amide bonds. The van der Waals surface area contributed by atoms with Gasteiger partial charge in [-0.05, 0) is 44.4 Å². The van der Waals surface area contributed by atoms with Crippen molar-refractivity contribution in [3.05, 3.63) is 58.8 Å². The lowest BCUT2D eigenvalue weighted by atomic mass is 9.97. The Labute approximate surface area is 208 Å². The van der Waals surface area contributed by atoms with Crippen LogP contribution in [0.2, 0.25) is 0 Å². The molecule has 36 heavy (non-hydrogen) atoms. The topological polar surface area (TPSA) is 100 Å². The second kappa shape index (κ2) is 8.68. The first-order valence-corrected chi connectivity index (χ1v) is 12.2. The smallest absolute Gasteiger partial charge is 0.272 e. The number of amides is 1. The van der Waals surface area contributed by atoms with Crippen molar-refractivity contribution in [1.29, 1.82) is 5.26 Å². The van der Waals surface area contributed by atoms with E-state index in [1.807, 2.05) is 35.0 Å². The second-order valence-electron chi connectivity index (χ2n) is 9.81. The summed E-state index contributed by atoms with van der Waals surface area (Å²) in [6.07, 6.45) is 6.38. The summed E-state index contributed by atoms with van der Waals surface area (Å²) in [5, 5.41) is 13.7. The molecule has 0 bridgehead atoms. The van der Waals surface area contributed by atoms with Crippen LogP contribution in [0.1, 0.15) is 59.1 Å². The number of ether oxygens (including phenoxy) is 1. The first-order chi connectivity index (χ1) is 17.4. The average molecular weight is 488 g/mol. The molecule has 2 atom stereocenters. The van der Waals surface area contributed by atoms with Crippen LogP contribution >= 0.6 is 0 Å². The van der Waals surface area contributed by atoms with E-state index in [1.165, 1.54) is 6.07 Å². The number of hydrogen-bond donors (Lipinski definition) is 0. The zero-order valence-electron chi connectivity index (χ0n) is 20.2. The van der Waals surface area contributed by atoms with Crippen molar-refractivity contribution < 1.29 is 13.9 Å². The second-order valence-corrected chi connectivity index (χ2v) is 9.81. The third kappa shape index (κ3) is 3.99. The van der Waals surface area contributed by atoms with E-state index in [1.54, 1.807) is 24.1 Å². The summed E-state index contributed by atoms with van der Waals surface area (Å²) < 4.78 is 23.3. The number of morpholine rings is 1. The van der Waals surface area contributed by atoms with E-state index in [0.29, 0.717) is 55.0 Å². The lowest BCUT2D eigenvalue weighted by Gasteiger charge is -2.37. The van der Waals surface area contributed by atoms with Gasteiger partial charge in [0.05, 0.1) is 42.2 Å². The number of nitriles is 1. The first kappa shape index (κ1) is 22.6. The highest BCUT2D eigenvalue weighted by molar-refractivity contribution is 5.96. The molecule has 9 nitrogen and oxygen atoms in total. The normalized spacial score (nSPS) is 21.9. The summed E-state index contributed by atoms with van der Waals surface area (Å²) in [5.41, 5.74) is 2.81. The molecule has 1 aliphatic carbocycles. The summed E-state index contributed by atoms with van der Waals surface area (Å²) in [7, 11) is 1.74. The summed E-state index contributed by atoms with van der Waals surface area (Å²) in [5.74, 6) is -0.391. The lowest BCUT2D eigenvalue weighted by Crippen LogP contribution is -2.44. The molecule has 3 aromatic rings. The van der Waals surface area contributed by atoms with Crippen molar-refractivity contribution in [3.8, 4) is 17.3 Å². The Bertz CT molecular complexity index is 1390. The van der Waals surface area contributed by atoms with Crippen LogP contribution in [0.5, 0.6) is 0 Å². The fraction of sp³-hybridized carbons (Fsp3) is 0.423. The minimum atomic E-state index is -0.548. The van der Waals surface area contributed by atoms with Crippen molar-refractivity contribution in [2.24, 2.45) is 0 Å². The highest BCUT2D eigenvalue weighted by Gasteiger charge is 2.34. The zero-order chi connectivity index (χ0) is 25.0. The number of rotatable bonds is 4. The predicted molar refractivity (Wildman–Crippen MR) is 129 cm³/mol. The van der Waals surface area contributed by atoms with E-state index in [4.69, 9.17) is 20.0 Å². The van der Waals surface area contributed by atoms with Crippen molar-refractivity contribution >= 4 is 11.9 Å². The van der Waals surface area contributed by atoms with Crippen LogP contribution in [-0.4, -0.2) is 63.3 Å². The number of halogens is 1. The number of aromatic nitrogens is 4. The Hall–Kier alpha value is -3.84. The maximum Gasteiger partial charge on any atom is 0.272 e. The van der Waals surface area contributed by atoms with Crippen LogP contribution in [0.25, 0.3) is 11.3 Å². The summed E-state index contributed by atoms with van der Waals surface area (Å²) >= 11 is 0. The van der Waals surface area contributed by atoms with Gasteiger partial charge in [-0.3, -0.25) is 9.48 Å². The van der Waals surface area contributed by atoms with Gasteiger partial charge in [-0.1, -0.05) is 0 Å². The molecule has 1 aromatic carbocycles. The maximum atomic E-state index is 15.1. The standard InChI is InChI=1S/C26H26FN7O2/c1-15-12-33(14-22(36-15)17-11-29-34(13-17)18-4-5-18)26-30-23(19-6-3-16(10-28)9-21(19)27)20-7-8-32(2)25(35)24(20)31-26/h3,6,9,11,13,15,18,22H,4-5,7-8,12,14H2,1-2H3. The number of benzene rings is 1. The molecular formula is C26H26FN7O2. The number of carbonyl (C=O) groups excluding carboxylic acids is 1. The number of anilines is 1. The number of carbonyl (C=O) groups is 1. The van der Waals surface area contributed by atoms with Gasteiger partial charge in [0, 0.05) is 43.0 Å². The summed E-state index contributed by atoms with van der Waals surface area (Å²) in [6, 6.07) is 6.76. The van der Waals surface area contributed by atoms with E-state index in [-0.39, 0.29) is 29.2 Å². The van der Waals surface area contributed by atoms with Gasteiger partial charge in [-0.25, -0.2) is 14.4 Å². The molecule has 0 radical (unpaired) electrons. The van der Waals surface area contributed by atoms with Gasteiger partial charge in [0.15, 0.2) is 0 Å². The third-order valence-electron chi connectivity index (χ3n) is 7.05. The Kier molecular flexibility index (Phi) is 5.45. The number of likely N-dealkylation sites (N-methyl/N-ethyl adjacent to an activating group) is 1.